The smallest absolute Gasteiger partial charge is 0.317 e. The number of carbonyl (C=O) groups excluding carboxylic acids is 1. The number of carbonyl (C=O) groups is 1. The summed E-state index contributed by atoms with van der Waals surface area (Å²) < 4.78 is 0. The summed E-state index contributed by atoms with van der Waals surface area (Å²) >= 11 is 0. The Hall–Kier alpha value is -1.62. The van der Waals surface area contributed by atoms with Crippen LogP contribution in [0.3, 0.4) is 0 Å². The van der Waals surface area contributed by atoms with E-state index in [0.717, 1.165) is 31.2 Å². The average molecular weight is 291 g/mol. The van der Waals surface area contributed by atoms with Gasteiger partial charge in [0.05, 0.1) is 12.1 Å². The Bertz CT molecular complexity index is 452. The van der Waals surface area contributed by atoms with Gasteiger partial charge in [-0.2, -0.15) is 0 Å². The zero-order chi connectivity index (χ0) is 15.2. The van der Waals surface area contributed by atoms with Crippen molar-refractivity contribution in [3.05, 3.63) is 30.1 Å². The highest BCUT2D eigenvalue weighted by Gasteiger charge is 2.25. The summed E-state index contributed by atoms with van der Waals surface area (Å²) in [5.74, 6) is 0.200. The van der Waals surface area contributed by atoms with E-state index in [0.29, 0.717) is 6.54 Å². The number of hydrogen-bond donors (Lipinski definition) is 2. The maximum absolute atomic E-state index is 12.2. The molecule has 1 fully saturated rings. The molecule has 2 amide bonds. The fourth-order valence-electron chi connectivity index (χ4n) is 2.87. The number of rotatable bonds is 4. The summed E-state index contributed by atoms with van der Waals surface area (Å²) in [5, 5.41) is 13.0. The van der Waals surface area contributed by atoms with E-state index in [4.69, 9.17) is 0 Å². The van der Waals surface area contributed by atoms with E-state index >= 15 is 0 Å². The molecule has 1 aliphatic rings. The third kappa shape index (κ3) is 4.43. The number of aliphatic hydroxyl groups excluding tert-OH is 1. The quantitative estimate of drug-likeness (QED) is 0.895. The maximum Gasteiger partial charge on any atom is 0.317 e. The molecule has 0 aromatic carbocycles. The summed E-state index contributed by atoms with van der Waals surface area (Å²) in [5.41, 5.74) is 1.03. The molecule has 5 heteroatoms. The van der Waals surface area contributed by atoms with Crippen LogP contribution in [-0.2, 0) is 0 Å². The van der Waals surface area contributed by atoms with E-state index in [-0.39, 0.29) is 24.1 Å². The van der Waals surface area contributed by atoms with E-state index in [9.17, 15) is 9.90 Å². The number of aromatic nitrogens is 1. The van der Waals surface area contributed by atoms with Crippen LogP contribution in [0.25, 0.3) is 0 Å². The Morgan fingerprint density at radius 3 is 2.76 bits per heavy atom. The van der Waals surface area contributed by atoms with Crippen molar-refractivity contribution < 1.29 is 9.90 Å². The Labute approximate surface area is 126 Å². The van der Waals surface area contributed by atoms with Gasteiger partial charge in [0, 0.05) is 31.9 Å². The van der Waals surface area contributed by atoms with Gasteiger partial charge in [-0.15, -0.1) is 0 Å². The number of nitrogens with one attached hydrogen (secondary N) is 1. The predicted molar refractivity (Wildman–Crippen MR) is 81.8 cm³/mol. The van der Waals surface area contributed by atoms with Crippen LogP contribution in [0.2, 0.25) is 0 Å². The standard InChI is InChI=1S/C16H25N3O2/c1-12(13-7-9-17-10-8-13)18-16(21)19(2)11-14-5-3-4-6-15(14)20/h7-10,12,14-15,20H,3-6,11H2,1-2H3,(H,18,21)/t12-,14-,15+/m0/s1. The lowest BCUT2D eigenvalue weighted by atomic mass is 9.86. The van der Waals surface area contributed by atoms with Gasteiger partial charge in [0.15, 0.2) is 0 Å². The van der Waals surface area contributed by atoms with Gasteiger partial charge in [-0.25, -0.2) is 4.79 Å². The number of urea groups is 1. The largest absolute Gasteiger partial charge is 0.393 e. The second-order valence-corrected chi connectivity index (χ2v) is 5.94. The normalized spacial score (nSPS) is 23.4. The number of nitrogens with zero attached hydrogens (tertiary/aromatic N) is 2. The molecule has 2 rings (SSSR count). The minimum Gasteiger partial charge on any atom is -0.393 e. The first kappa shape index (κ1) is 15.8. The van der Waals surface area contributed by atoms with Gasteiger partial charge in [-0.05, 0) is 37.5 Å². The molecule has 5 nitrogen and oxygen atoms in total. The molecule has 1 aromatic heterocycles. The van der Waals surface area contributed by atoms with E-state index in [1.165, 1.54) is 0 Å². The second-order valence-electron chi connectivity index (χ2n) is 5.94. The highest BCUT2D eigenvalue weighted by Crippen LogP contribution is 2.25. The molecule has 1 aromatic rings. The van der Waals surface area contributed by atoms with Crippen LogP contribution < -0.4 is 5.32 Å². The molecule has 0 radical (unpaired) electrons. The fourth-order valence-corrected chi connectivity index (χ4v) is 2.87. The van der Waals surface area contributed by atoms with Crippen LogP contribution in [0, 0.1) is 5.92 Å². The van der Waals surface area contributed by atoms with Crippen LogP contribution in [-0.4, -0.2) is 40.7 Å². The van der Waals surface area contributed by atoms with Gasteiger partial charge < -0.3 is 15.3 Å². The highest BCUT2D eigenvalue weighted by molar-refractivity contribution is 5.74. The highest BCUT2D eigenvalue weighted by atomic mass is 16.3. The van der Waals surface area contributed by atoms with Crippen molar-refractivity contribution in [3.8, 4) is 0 Å². The lowest BCUT2D eigenvalue weighted by Gasteiger charge is -2.31. The zero-order valence-corrected chi connectivity index (χ0v) is 12.8. The molecule has 0 spiro atoms. The number of pyridine rings is 1. The van der Waals surface area contributed by atoms with Crippen LogP contribution >= 0.6 is 0 Å². The maximum atomic E-state index is 12.2. The lowest BCUT2D eigenvalue weighted by Crippen LogP contribution is -2.43. The van der Waals surface area contributed by atoms with E-state index in [1.807, 2.05) is 19.1 Å². The molecule has 1 heterocycles. The Morgan fingerprint density at radius 2 is 2.10 bits per heavy atom. The van der Waals surface area contributed by atoms with E-state index < -0.39 is 0 Å². The lowest BCUT2D eigenvalue weighted by molar-refractivity contribution is 0.0563. The van der Waals surface area contributed by atoms with Crippen molar-refractivity contribution >= 4 is 6.03 Å². The molecule has 2 N–H and O–H groups in total. The zero-order valence-electron chi connectivity index (χ0n) is 12.8. The summed E-state index contributed by atoms with van der Waals surface area (Å²) in [7, 11) is 1.79. The first-order chi connectivity index (χ1) is 10.1. The molecule has 0 bridgehead atoms. The summed E-state index contributed by atoms with van der Waals surface area (Å²) in [6.07, 6.45) is 7.26. The number of amides is 2. The average Bonchev–Trinajstić information content (AvgIpc) is 2.50. The Kier molecular flexibility index (Phi) is 5.56. The van der Waals surface area contributed by atoms with E-state index in [1.54, 1.807) is 24.3 Å². The minimum absolute atomic E-state index is 0.0563. The third-order valence-electron chi connectivity index (χ3n) is 4.27. The molecule has 1 aliphatic carbocycles. The van der Waals surface area contributed by atoms with Gasteiger partial charge in [-0.3, -0.25) is 4.98 Å². The van der Waals surface area contributed by atoms with Gasteiger partial charge >= 0.3 is 6.03 Å². The molecular weight excluding hydrogens is 266 g/mol. The SMILES string of the molecule is C[C@H](NC(=O)N(C)C[C@@H]1CCCC[C@H]1O)c1ccncc1. The van der Waals surface area contributed by atoms with Gasteiger partial charge in [0.2, 0.25) is 0 Å². The van der Waals surface area contributed by atoms with Crippen LogP contribution in [0.1, 0.15) is 44.2 Å². The molecular formula is C16H25N3O2. The second kappa shape index (κ2) is 7.41. The molecule has 3 atom stereocenters. The minimum atomic E-state index is -0.272. The van der Waals surface area contributed by atoms with Crippen molar-refractivity contribution in [2.45, 2.75) is 44.8 Å². The Balaban J connectivity index is 1.84. The van der Waals surface area contributed by atoms with Gasteiger partial charge in [0.25, 0.3) is 0 Å². The molecule has 0 unspecified atom stereocenters. The summed E-state index contributed by atoms with van der Waals surface area (Å²) in [6.45, 7) is 2.56. The molecule has 116 valence electrons. The molecule has 0 aliphatic heterocycles. The number of aliphatic hydroxyl groups is 1. The van der Waals surface area contributed by atoms with Gasteiger partial charge in [0.1, 0.15) is 0 Å². The first-order valence-electron chi connectivity index (χ1n) is 7.67. The van der Waals surface area contributed by atoms with E-state index in [2.05, 4.69) is 10.3 Å². The third-order valence-corrected chi connectivity index (χ3v) is 4.27. The van der Waals surface area contributed by atoms with Crippen molar-refractivity contribution in [2.24, 2.45) is 5.92 Å². The monoisotopic (exact) mass is 291 g/mol. The van der Waals surface area contributed by atoms with Crippen molar-refractivity contribution in [2.75, 3.05) is 13.6 Å². The van der Waals surface area contributed by atoms with Crippen molar-refractivity contribution in [3.63, 3.8) is 0 Å². The fraction of sp³-hybridized carbons (Fsp3) is 0.625. The van der Waals surface area contributed by atoms with Crippen LogP contribution in [0.15, 0.2) is 24.5 Å². The molecule has 1 saturated carbocycles. The van der Waals surface area contributed by atoms with Crippen LogP contribution in [0.5, 0.6) is 0 Å². The molecule has 21 heavy (non-hydrogen) atoms. The first-order valence-corrected chi connectivity index (χ1v) is 7.67. The van der Waals surface area contributed by atoms with Crippen LogP contribution in [0.4, 0.5) is 4.79 Å². The summed E-state index contributed by atoms with van der Waals surface area (Å²) in [6, 6.07) is 3.64. The van der Waals surface area contributed by atoms with Gasteiger partial charge in [-0.1, -0.05) is 12.8 Å². The summed E-state index contributed by atoms with van der Waals surface area (Å²) in [4.78, 5) is 17.9. The predicted octanol–water partition coefficient (Wildman–Crippen LogP) is 2.34. The number of hydrogen-bond acceptors (Lipinski definition) is 3. The van der Waals surface area contributed by atoms with Crippen molar-refractivity contribution in [1.29, 1.82) is 0 Å². The van der Waals surface area contributed by atoms with Crippen molar-refractivity contribution in [1.82, 2.24) is 15.2 Å². The molecule has 0 saturated heterocycles. The Morgan fingerprint density at radius 1 is 1.43 bits per heavy atom. The topological polar surface area (TPSA) is 65.5 Å².